The van der Waals surface area contributed by atoms with Gasteiger partial charge in [-0.1, -0.05) is 6.07 Å². The van der Waals surface area contributed by atoms with Gasteiger partial charge in [0.1, 0.15) is 5.65 Å². The predicted octanol–water partition coefficient (Wildman–Crippen LogP) is 1.35. The normalized spacial score (nSPS) is 13.5. The van der Waals surface area contributed by atoms with E-state index in [-0.39, 0.29) is 6.04 Å². The highest BCUT2D eigenvalue weighted by Crippen LogP contribution is 2.10. The lowest BCUT2D eigenvalue weighted by Gasteiger charge is -2.04. The number of hydrogen-bond donors (Lipinski definition) is 1. The molecular weight excluding hydrogens is 150 g/mol. The first-order valence-corrected chi connectivity index (χ1v) is 3.95. The zero-order valence-electron chi connectivity index (χ0n) is 6.94. The van der Waals surface area contributed by atoms with E-state index in [2.05, 4.69) is 4.98 Å². The fraction of sp³-hybridized carbons (Fsp3) is 0.222. The molecule has 0 aromatic carbocycles. The van der Waals surface area contributed by atoms with Gasteiger partial charge < -0.3 is 10.1 Å². The van der Waals surface area contributed by atoms with E-state index in [0.29, 0.717) is 0 Å². The van der Waals surface area contributed by atoms with E-state index in [9.17, 15) is 0 Å². The quantitative estimate of drug-likeness (QED) is 0.686. The minimum absolute atomic E-state index is 0.0804. The summed E-state index contributed by atoms with van der Waals surface area (Å²) in [4.78, 5) is 4.14. The molecule has 0 saturated heterocycles. The summed E-state index contributed by atoms with van der Waals surface area (Å²) in [6.07, 6.45) is 5.70. The summed E-state index contributed by atoms with van der Waals surface area (Å²) in [7, 11) is 0. The standard InChI is InChI=1S/C9H11N3/c1-7(10)8-2-3-9-11-4-5-12(9)6-8/h2-7H,10H2,1H3/t7-/m0/s1. The van der Waals surface area contributed by atoms with Gasteiger partial charge in [0, 0.05) is 24.6 Å². The van der Waals surface area contributed by atoms with Crippen molar-refractivity contribution < 1.29 is 0 Å². The summed E-state index contributed by atoms with van der Waals surface area (Å²) >= 11 is 0. The van der Waals surface area contributed by atoms with Crippen molar-refractivity contribution in [3.05, 3.63) is 36.3 Å². The average molecular weight is 161 g/mol. The second kappa shape index (κ2) is 2.60. The van der Waals surface area contributed by atoms with E-state index in [0.717, 1.165) is 11.2 Å². The Morgan fingerprint density at radius 2 is 2.33 bits per heavy atom. The van der Waals surface area contributed by atoms with Crippen LogP contribution in [0, 0.1) is 0 Å². The fourth-order valence-electron chi connectivity index (χ4n) is 1.21. The van der Waals surface area contributed by atoms with Gasteiger partial charge in [0.25, 0.3) is 0 Å². The molecule has 12 heavy (non-hydrogen) atoms. The first kappa shape index (κ1) is 7.31. The van der Waals surface area contributed by atoms with Crippen LogP contribution in [0.4, 0.5) is 0 Å². The van der Waals surface area contributed by atoms with Crippen LogP contribution in [-0.2, 0) is 0 Å². The Morgan fingerprint density at radius 3 is 3.08 bits per heavy atom. The Hall–Kier alpha value is -1.35. The minimum Gasteiger partial charge on any atom is -0.324 e. The Bertz CT molecular complexity index is 389. The maximum absolute atomic E-state index is 5.74. The molecule has 0 aliphatic heterocycles. The van der Waals surface area contributed by atoms with E-state index >= 15 is 0 Å². The number of rotatable bonds is 1. The average Bonchev–Trinajstić information content (AvgIpc) is 2.49. The monoisotopic (exact) mass is 161 g/mol. The first-order valence-electron chi connectivity index (χ1n) is 3.95. The fourth-order valence-corrected chi connectivity index (χ4v) is 1.21. The lowest BCUT2D eigenvalue weighted by atomic mass is 10.2. The Balaban J connectivity index is 2.60. The summed E-state index contributed by atoms with van der Waals surface area (Å²) in [5.74, 6) is 0. The van der Waals surface area contributed by atoms with Crippen LogP contribution in [0.3, 0.4) is 0 Å². The van der Waals surface area contributed by atoms with Gasteiger partial charge in [-0.2, -0.15) is 0 Å². The summed E-state index contributed by atoms with van der Waals surface area (Å²) in [5, 5.41) is 0. The van der Waals surface area contributed by atoms with Crippen molar-refractivity contribution in [2.75, 3.05) is 0 Å². The van der Waals surface area contributed by atoms with Crippen LogP contribution in [0.25, 0.3) is 5.65 Å². The third kappa shape index (κ3) is 1.08. The summed E-state index contributed by atoms with van der Waals surface area (Å²) < 4.78 is 1.97. The molecule has 62 valence electrons. The molecule has 0 unspecified atom stereocenters. The van der Waals surface area contributed by atoms with E-state index in [1.54, 1.807) is 6.20 Å². The van der Waals surface area contributed by atoms with Gasteiger partial charge in [0.05, 0.1) is 0 Å². The van der Waals surface area contributed by atoms with Crippen LogP contribution in [0.1, 0.15) is 18.5 Å². The molecule has 2 heterocycles. The van der Waals surface area contributed by atoms with Crippen molar-refractivity contribution in [2.45, 2.75) is 13.0 Å². The van der Waals surface area contributed by atoms with E-state index in [4.69, 9.17) is 5.73 Å². The number of hydrogen-bond acceptors (Lipinski definition) is 2. The van der Waals surface area contributed by atoms with Crippen LogP contribution in [0.5, 0.6) is 0 Å². The van der Waals surface area contributed by atoms with Crippen molar-refractivity contribution in [1.29, 1.82) is 0 Å². The third-order valence-electron chi connectivity index (χ3n) is 1.94. The molecule has 0 radical (unpaired) electrons. The summed E-state index contributed by atoms with van der Waals surface area (Å²) in [6.45, 7) is 1.97. The SMILES string of the molecule is C[C@H](N)c1ccc2nccn2c1. The predicted molar refractivity (Wildman–Crippen MR) is 47.8 cm³/mol. The van der Waals surface area contributed by atoms with Gasteiger partial charge in [-0.25, -0.2) is 4.98 Å². The van der Waals surface area contributed by atoms with Crippen LogP contribution in [0.2, 0.25) is 0 Å². The van der Waals surface area contributed by atoms with Crippen molar-refractivity contribution >= 4 is 5.65 Å². The van der Waals surface area contributed by atoms with E-state index in [1.807, 2.05) is 35.9 Å². The van der Waals surface area contributed by atoms with Gasteiger partial charge in [0.15, 0.2) is 0 Å². The Labute approximate surface area is 70.8 Å². The highest BCUT2D eigenvalue weighted by Gasteiger charge is 1.99. The molecule has 0 saturated carbocycles. The molecule has 2 aromatic rings. The second-order valence-electron chi connectivity index (χ2n) is 2.94. The lowest BCUT2D eigenvalue weighted by molar-refractivity contribution is 0.808. The zero-order valence-corrected chi connectivity index (χ0v) is 6.94. The van der Waals surface area contributed by atoms with Gasteiger partial charge in [0.2, 0.25) is 0 Å². The number of fused-ring (bicyclic) bond motifs is 1. The molecule has 2 aromatic heterocycles. The van der Waals surface area contributed by atoms with Crippen LogP contribution >= 0.6 is 0 Å². The van der Waals surface area contributed by atoms with E-state index in [1.165, 1.54) is 0 Å². The highest BCUT2D eigenvalue weighted by atomic mass is 15.0. The number of imidazole rings is 1. The minimum atomic E-state index is 0.0804. The highest BCUT2D eigenvalue weighted by molar-refractivity contribution is 5.39. The molecule has 3 heteroatoms. The Kier molecular flexibility index (Phi) is 1.59. The molecule has 2 rings (SSSR count). The molecular formula is C9H11N3. The van der Waals surface area contributed by atoms with Gasteiger partial charge >= 0.3 is 0 Å². The van der Waals surface area contributed by atoms with E-state index < -0.39 is 0 Å². The number of pyridine rings is 1. The molecule has 2 N–H and O–H groups in total. The molecule has 0 fully saturated rings. The van der Waals surface area contributed by atoms with Gasteiger partial charge in [-0.05, 0) is 18.6 Å². The number of nitrogens with two attached hydrogens (primary N) is 1. The topological polar surface area (TPSA) is 43.3 Å². The molecule has 0 aliphatic carbocycles. The molecule has 3 nitrogen and oxygen atoms in total. The molecule has 0 amide bonds. The van der Waals surface area contributed by atoms with Gasteiger partial charge in [-0.3, -0.25) is 0 Å². The maximum atomic E-state index is 5.74. The van der Waals surface area contributed by atoms with Crippen molar-refractivity contribution in [3.63, 3.8) is 0 Å². The second-order valence-corrected chi connectivity index (χ2v) is 2.94. The third-order valence-corrected chi connectivity index (χ3v) is 1.94. The maximum Gasteiger partial charge on any atom is 0.136 e. The van der Waals surface area contributed by atoms with Crippen LogP contribution < -0.4 is 5.73 Å². The zero-order chi connectivity index (χ0) is 8.55. The number of nitrogens with zero attached hydrogens (tertiary/aromatic N) is 2. The smallest absolute Gasteiger partial charge is 0.136 e. The summed E-state index contributed by atoms with van der Waals surface area (Å²) in [5.41, 5.74) is 7.82. The Morgan fingerprint density at radius 1 is 1.50 bits per heavy atom. The number of aromatic nitrogens is 2. The molecule has 1 atom stereocenters. The van der Waals surface area contributed by atoms with Crippen molar-refractivity contribution in [2.24, 2.45) is 5.73 Å². The molecule has 0 aliphatic rings. The largest absolute Gasteiger partial charge is 0.324 e. The van der Waals surface area contributed by atoms with Crippen LogP contribution in [0.15, 0.2) is 30.7 Å². The van der Waals surface area contributed by atoms with Crippen LogP contribution in [-0.4, -0.2) is 9.38 Å². The summed E-state index contributed by atoms with van der Waals surface area (Å²) in [6, 6.07) is 4.06. The van der Waals surface area contributed by atoms with Crippen molar-refractivity contribution in [1.82, 2.24) is 9.38 Å². The molecule has 0 spiro atoms. The van der Waals surface area contributed by atoms with Gasteiger partial charge in [-0.15, -0.1) is 0 Å². The molecule has 0 bridgehead atoms. The lowest BCUT2D eigenvalue weighted by Crippen LogP contribution is -2.05. The first-order chi connectivity index (χ1) is 5.77. The van der Waals surface area contributed by atoms with Crippen molar-refractivity contribution in [3.8, 4) is 0 Å².